The van der Waals surface area contributed by atoms with E-state index in [1.165, 1.54) is 10.9 Å². The Hall–Kier alpha value is -1.77. The van der Waals surface area contributed by atoms with Crippen LogP contribution in [0.25, 0.3) is 10.9 Å². The zero-order chi connectivity index (χ0) is 14.0. The molecule has 3 nitrogen and oxygen atoms in total. The molecule has 1 heterocycles. The summed E-state index contributed by atoms with van der Waals surface area (Å²) >= 11 is 0. The third-order valence-electron chi connectivity index (χ3n) is 3.13. The fourth-order valence-corrected chi connectivity index (χ4v) is 2.15. The summed E-state index contributed by atoms with van der Waals surface area (Å²) in [5.41, 5.74) is 2.39. The van der Waals surface area contributed by atoms with Crippen molar-refractivity contribution in [3.05, 3.63) is 36.0 Å². The van der Waals surface area contributed by atoms with E-state index in [1.54, 1.807) is 0 Å². The van der Waals surface area contributed by atoms with E-state index in [0.717, 1.165) is 5.52 Å². The van der Waals surface area contributed by atoms with Crippen LogP contribution in [0.4, 0.5) is 0 Å². The molecule has 0 N–H and O–H groups in total. The van der Waals surface area contributed by atoms with E-state index in [2.05, 4.69) is 32.0 Å². The highest BCUT2D eigenvalue weighted by Crippen LogP contribution is 2.22. The molecule has 0 radical (unpaired) electrons. The minimum atomic E-state index is -0.194. The number of rotatable bonds is 4. The second-order valence-electron chi connectivity index (χ2n) is 5.46. The lowest BCUT2D eigenvalue weighted by molar-refractivity contribution is -0.148. The Morgan fingerprint density at radius 2 is 1.95 bits per heavy atom. The number of hydrogen-bond donors (Lipinski definition) is 0. The van der Waals surface area contributed by atoms with Crippen LogP contribution in [0, 0.1) is 0 Å². The maximum atomic E-state index is 11.7. The van der Waals surface area contributed by atoms with E-state index in [4.69, 9.17) is 4.74 Å². The first-order valence-electron chi connectivity index (χ1n) is 6.75. The standard InChI is InChI=1S/C16H21NO2/c1-11(2)13-5-6-15-14(9-13)7-8-17(15)10-16(18)19-12(3)4/h5-9,11-12H,10H2,1-4H3. The number of nitrogens with zero attached hydrogens (tertiary/aromatic N) is 1. The SMILES string of the molecule is CC(C)OC(=O)Cn1ccc2cc(C(C)C)ccc21. The first-order chi connectivity index (χ1) is 8.97. The Morgan fingerprint density at radius 1 is 1.21 bits per heavy atom. The second kappa shape index (κ2) is 5.47. The highest BCUT2D eigenvalue weighted by molar-refractivity contribution is 5.82. The van der Waals surface area contributed by atoms with E-state index in [-0.39, 0.29) is 18.6 Å². The van der Waals surface area contributed by atoms with Gasteiger partial charge in [0.25, 0.3) is 0 Å². The Kier molecular flexibility index (Phi) is 3.93. The predicted molar refractivity (Wildman–Crippen MR) is 77.3 cm³/mol. The predicted octanol–water partition coefficient (Wildman–Crippen LogP) is 3.72. The molecule has 0 atom stereocenters. The van der Waals surface area contributed by atoms with Crippen molar-refractivity contribution in [2.75, 3.05) is 0 Å². The molecule has 19 heavy (non-hydrogen) atoms. The minimum absolute atomic E-state index is 0.0677. The van der Waals surface area contributed by atoms with E-state index in [1.807, 2.05) is 30.7 Å². The summed E-state index contributed by atoms with van der Waals surface area (Å²) < 4.78 is 7.11. The average molecular weight is 259 g/mol. The molecule has 0 aliphatic heterocycles. The van der Waals surface area contributed by atoms with Gasteiger partial charge in [-0.05, 0) is 48.9 Å². The van der Waals surface area contributed by atoms with Gasteiger partial charge in [0.05, 0.1) is 6.10 Å². The first-order valence-corrected chi connectivity index (χ1v) is 6.75. The van der Waals surface area contributed by atoms with E-state index < -0.39 is 0 Å². The van der Waals surface area contributed by atoms with Crippen LogP contribution in [-0.4, -0.2) is 16.6 Å². The van der Waals surface area contributed by atoms with Crippen LogP contribution in [0.1, 0.15) is 39.2 Å². The summed E-state index contributed by atoms with van der Waals surface area (Å²) in [4.78, 5) is 11.7. The van der Waals surface area contributed by atoms with Gasteiger partial charge in [-0.3, -0.25) is 4.79 Å². The fraction of sp³-hybridized carbons (Fsp3) is 0.438. The van der Waals surface area contributed by atoms with Crippen molar-refractivity contribution in [2.45, 2.75) is 46.3 Å². The van der Waals surface area contributed by atoms with Crippen LogP contribution >= 0.6 is 0 Å². The van der Waals surface area contributed by atoms with Gasteiger partial charge in [0.1, 0.15) is 6.54 Å². The van der Waals surface area contributed by atoms with Crippen molar-refractivity contribution in [1.29, 1.82) is 0 Å². The van der Waals surface area contributed by atoms with Gasteiger partial charge in [0.2, 0.25) is 0 Å². The van der Waals surface area contributed by atoms with E-state index in [0.29, 0.717) is 5.92 Å². The number of esters is 1. The normalized spacial score (nSPS) is 11.5. The molecular formula is C16H21NO2. The number of hydrogen-bond acceptors (Lipinski definition) is 2. The smallest absolute Gasteiger partial charge is 0.326 e. The van der Waals surface area contributed by atoms with Crippen LogP contribution in [0.5, 0.6) is 0 Å². The molecule has 1 aromatic carbocycles. The van der Waals surface area contributed by atoms with Gasteiger partial charge in [-0.2, -0.15) is 0 Å². The number of fused-ring (bicyclic) bond motifs is 1. The largest absolute Gasteiger partial charge is 0.462 e. The van der Waals surface area contributed by atoms with Crippen LogP contribution in [0.3, 0.4) is 0 Å². The van der Waals surface area contributed by atoms with Gasteiger partial charge in [-0.25, -0.2) is 0 Å². The molecule has 0 saturated heterocycles. The van der Waals surface area contributed by atoms with Gasteiger partial charge in [0.15, 0.2) is 0 Å². The highest BCUT2D eigenvalue weighted by Gasteiger charge is 2.09. The molecular weight excluding hydrogens is 238 g/mol. The minimum Gasteiger partial charge on any atom is -0.462 e. The first kappa shape index (κ1) is 13.7. The van der Waals surface area contributed by atoms with Crippen LogP contribution in [0.2, 0.25) is 0 Å². The Morgan fingerprint density at radius 3 is 2.58 bits per heavy atom. The summed E-state index contributed by atoms with van der Waals surface area (Å²) in [6.07, 6.45) is 1.87. The van der Waals surface area contributed by atoms with Gasteiger partial charge in [-0.15, -0.1) is 0 Å². The quantitative estimate of drug-likeness (QED) is 0.784. The maximum absolute atomic E-state index is 11.7. The van der Waals surface area contributed by atoms with Crippen molar-refractivity contribution >= 4 is 16.9 Å². The molecule has 0 aliphatic carbocycles. The van der Waals surface area contributed by atoms with Gasteiger partial charge < -0.3 is 9.30 Å². The third-order valence-corrected chi connectivity index (χ3v) is 3.13. The molecule has 0 aliphatic rings. The molecule has 2 rings (SSSR count). The van der Waals surface area contributed by atoms with Crippen LogP contribution in [-0.2, 0) is 16.1 Å². The number of ether oxygens (including phenoxy) is 1. The number of benzene rings is 1. The molecule has 1 aromatic heterocycles. The maximum Gasteiger partial charge on any atom is 0.326 e. The molecule has 0 saturated carbocycles. The number of aromatic nitrogens is 1. The fourth-order valence-electron chi connectivity index (χ4n) is 2.15. The molecule has 102 valence electrons. The average Bonchev–Trinajstić information content (AvgIpc) is 2.70. The van der Waals surface area contributed by atoms with Crippen molar-refractivity contribution in [3.63, 3.8) is 0 Å². The lowest BCUT2D eigenvalue weighted by Crippen LogP contribution is -2.16. The summed E-state index contributed by atoms with van der Waals surface area (Å²) in [7, 11) is 0. The molecule has 3 heteroatoms. The Bertz CT molecular complexity index is 581. The van der Waals surface area contributed by atoms with Crippen molar-refractivity contribution < 1.29 is 9.53 Å². The lowest BCUT2D eigenvalue weighted by Gasteiger charge is -2.10. The van der Waals surface area contributed by atoms with Crippen molar-refractivity contribution in [3.8, 4) is 0 Å². The zero-order valence-corrected chi connectivity index (χ0v) is 12.0. The van der Waals surface area contributed by atoms with Crippen molar-refractivity contribution in [2.24, 2.45) is 0 Å². The van der Waals surface area contributed by atoms with Gasteiger partial charge in [0, 0.05) is 11.7 Å². The molecule has 0 amide bonds. The molecule has 0 bridgehead atoms. The number of carbonyl (C=O) groups is 1. The molecule has 0 spiro atoms. The second-order valence-corrected chi connectivity index (χ2v) is 5.46. The van der Waals surface area contributed by atoms with Crippen LogP contribution < -0.4 is 0 Å². The van der Waals surface area contributed by atoms with Gasteiger partial charge in [-0.1, -0.05) is 19.9 Å². The number of carbonyl (C=O) groups excluding carboxylic acids is 1. The van der Waals surface area contributed by atoms with Gasteiger partial charge >= 0.3 is 5.97 Å². The topological polar surface area (TPSA) is 31.2 Å². The Balaban J connectivity index is 2.23. The third kappa shape index (κ3) is 3.16. The van der Waals surface area contributed by atoms with E-state index >= 15 is 0 Å². The lowest BCUT2D eigenvalue weighted by atomic mass is 10.0. The Labute approximate surface area is 114 Å². The zero-order valence-electron chi connectivity index (χ0n) is 12.0. The summed E-state index contributed by atoms with van der Waals surface area (Å²) in [6.45, 7) is 8.35. The molecule has 2 aromatic rings. The van der Waals surface area contributed by atoms with E-state index in [9.17, 15) is 4.79 Å². The summed E-state index contributed by atoms with van der Waals surface area (Å²) in [5.74, 6) is 0.319. The summed E-state index contributed by atoms with van der Waals surface area (Å²) in [5, 5.41) is 1.17. The van der Waals surface area contributed by atoms with Crippen LogP contribution in [0.15, 0.2) is 30.5 Å². The monoisotopic (exact) mass is 259 g/mol. The molecule has 0 unspecified atom stereocenters. The van der Waals surface area contributed by atoms with Crippen molar-refractivity contribution in [1.82, 2.24) is 4.57 Å². The summed E-state index contributed by atoms with van der Waals surface area (Å²) in [6, 6.07) is 8.43. The molecule has 0 fully saturated rings. The highest BCUT2D eigenvalue weighted by atomic mass is 16.5.